The summed E-state index contributed by atoms with van der Waals surface area (Å²) in [5, 5.41) is 1.04. The van der Waals surface area contributed by atoms with Gasteiger partial charge in [-0.05, 0) is 61.5 Å². The molecule has 0 saturated carbocycles. The van der Waals surface area contributed by atoms with Crippen LogP contribution in [0.1, 0.15) is 19.4 Å². The molecule has 114 valence electrons. The number of ether oxygens (including phenoxy) is 1. The topological polar surface area (TPSA) is 22.4 Å². The van der Waals surface area contributed by atoms with Crippen LogP contribution in [0.2, 0.25) is 0 Å². The van der Waals surface area contributed by atoms with Crippen LogP contribution in [0.4, 0.5) is 0 Å². The van der Waals surface area contributed by atoms with Gasteiger partial charge in [-0.25, -0.2) is 0 Å². The summed E-state index contributed by atoms with van der Waals surface area (Å²) < 4.78 is 12.4. The number of hydrogen-bond donors (Lipinski definition) is 0. The molecule has 0 spiro atoms. The van der Waals surface area contributed by atoms with E-state index in [0.29, 0.717) is 4.71 Å². The van der Waals surface area contributed by atoms with E-state index in [-0.39, 0.29) is 5.60 Å². The maximum Gasteiger partial charge on any atom is 0.191 e. The van der Waals surface area contributed by atoms with Gasteiger partial charge in [-0.3, -0.25) is 0 Å². The third kappa shape index (κ3) is 2.47. The summed E-state index contributed by atoms with van der Waals surface area (Å²) in [5.74, 6) is 0.827. The lowest BCUT2D eigenvalue weighted by Gasteiger charge is -2.28. The van der Waals surface area contributed by atoms with E-state index in [1.165, 1.54) is 0 Å². The molecule has 1 aliphatic rings. The molecule has 0 N–H and O–H groups in total. The van der Waals surface area contributed by atoms with Crippen molar-refractivity contribution in [3.63, 3.8) is 0 Å². The first-order valence-electron chi connectivity index (χ1n) is 7.58. The highest BCUT2D eigenvalue weighted by Gasteiger charge is 2.24. The molecule has 2 aromatic carbocycles. The van der Waals surface area contributed by atoms with Crippen LogP contribution < -0.4 is 4.74 Å². The maximum absolute atomic E-state index is 6.03. The van der Waals surface area contributed by atoms with Gasteiger partial charge in [0.25, 0.3) is 0 Å². The zero-order valence-corrected chi connectivity index (χ0v) is 13.8. The van der Waals surface area contributed by atoms with Crippen molar-refractivity contribution in [1.29, 1.82) is 0 Å². The Kier molecular flexibility index (Phi) is 3.13. The monoisotopic (exact) mass is 320 g/mol. The summed E-state index contributed by atoms with van der Waals surface area (Å²) in [5.41, 5.74) is 3.62. The molecule has 0 saturated heterocycles. The van der Waals surface area contributed by atoms with Crippen LogP contribution in [-0.4, -0.2) is 5.60 Å². The van der Waals surface area contributed by atoms with E-state index in [0.717, 1.165) is 33.4 Å². The normalized spacial score (nSPS) is 15.2. The quantitative estimate of drug-likeness (QED) is 0.512. The summed E-state index contributed by atoms with van der Waals surface area (Å²) in [4.78, 5) is 0. The number of hydrogen-bond acceptors (Lipinski definition) is 3. The first-order chi connectivity index (χ1) is 11.0. The molecule has 3 aromatic rings. The largest absolute Gasteiger partial charge is 0.483 e. The highest BCUT2D eigenvalue weighted by Crippen LogP contribution is 2.39. The molecule has 2 heterocycles. The lowest BCUT2D eigenvalue weighted by Crippen LogP contribution is -2.27. The van der Waals surface area contributed by atoms with Gasteiger partial charge in [-0.1, -0.05) is 30.3 Å². The number of rotatable bonds is 1. The van der Waals surface area contributed by atoms with Gasteiger partial charge in [0.2, 0.25) is 0 Å². The zero-order valence-electron chi connectivity index (χ0n) is 13.0. The van der Waals surface area contributed by atoms with Crippen LogP contribution in [0.3, 0.4) is 0 Å². The maximum atomic E-state index is 6.03. The molecule has 4 rings (SSSR count). The van der Waals surface area contributed by atoms with Gasteiger partial charge in [-0.2, -0.15) is 0 Å². The van der Waals surface area contributed by atoms with Crippen LogP contribution in [0.25, 0.3) is 28.2 Å². The summed E-state index contributed by atoms with van der Waals surface area (Å²) in [6.45, 7) is 4.07. The fraction of sp³-hybridized carbons (Fsp3) is 0.150. The Labute approximate surface area is 140 Å². The molecule has 23 heavy (non-hydrogen) atoms. The molecule has 1 aromatic heterocycles. The van der Waals surface area contributed by atoms with Crippen molar-refractivity contribution < 1.29 is 9.15 Å². The van der Waals surface area contributed by atoms with Gasteiger partial charge in [-0.15, -0.1) is 0 Å². The van der Waals surface area contributed by atoms with Crippen molar-refractivity contribution in [3.05, 3.63) is 64.9 Å². The standard InChI is InChI=1S/C20H16O2S/c1-20(2)11-10-15-17(22-20)9-8-14-16(12-18(23)21-19(14)15)13-6-4-3-5-7-13/h3-12H,1-2H3. The molecule has 0 bridgehead atoms. The highest BCUT2D eigenvalue weighted by atomic mass is 32.1. The van der Waals surface area contributed by atoms with Crippen molar-refractivity contribution in [1.82, 2.24) is 0 Å². The molecule has 0 aliphatic carbocycles. The fourth-order valence-corrected chi connectivity index (χ4v) is 3.14. The van der Waals surface area contributed by atoms with Crippen LogP contribution in [-0.2, 0) is 0 Å². The third-order valence-electron chi connectivity index (χ3n) is 4.02. The molecule has 3 heteroatoms. The predicted octanol–water partition coefficient (Wildman–Crippen LogP) is 6.01. The summed E-state index contributed by atoms with van der Waals surface area (Å²) >= 11 is 5.35. The van der Waals surface area contributed by atoms with E-state index in [4.69, 9.17) is 21.4 Å². The lowest BCUT2D eigenvalue weighted by atomic mass is 9.97. The van der Waals surface area contributed by atoms with E-state index in [9.17, 15) is 0 Å². The van der Waals surface area contributed by atoms with Crippen LogP contribution in [0.15, 0.2) is 59.0 Å². The minimum Gasteiger partial charge on any atom is -0.483 e. The van der Waals surface area contributed by atoms with E-state index in [1.54, 1.807) is 0 Å². The molecule has 0 fully saturated rings. The average molecular weight is 320 g/mol. The predicted molar refractivity (Wildman–Crippen MR) is 96.2 cm³/mol. The zero-order chi connectivity index (χ0) is 16.0. The molecule has 0 unspecified atom stereocenters. The summed E-state index contributed by atoms with van der Waals surface area (Å²) in [6.07, 6.45) is 4.11. The van der Waals surface area contributed by atoms with Crippen LogP contribution in [0.5, 0.6) is 5.75 Å². The smallest absolute Gasteiger partial charge is 0.191 e. The Bertz CT molecular complexity index is 982. The Morgan fingerprint density at radius 1 is 1.00 bits per heavy atom. The number of fused-ring (bicyclic) bond motifs is 3. The second-order valence-corrected chi connectivity index (χ2v) is 6.64. The highest BCUT2D eigenvalue weighted by molar-refractivity contribution is 7.71. The van der Waals surface area contributed by atoms with Gasteiger partial charge < -0.3 is 9.15 Å². The Balaban J connectivity index is 2.04. The van der Waals surface area contributed by atoms with Gasteiger partial charge >= 0.3 is 0 Å². The van der Waals surface area contributed by atoms with Crippen LogP contribution >= 0.6 is 12.2 Å². The second-order valence-electron chi connectivity index (χ2n) is 6.24. The van der Waals surface area contributed by atoms with Crippen molar-refractivity contribution in [3.8, 4) is 16.9 Å². The van der Waals surface area contributed by atoms with Crippen molar-refractivity contribution in [2.45, 2.75) is 19.4 Å². The van der Waals surface area contributed by atoms with E-state index in [1.807, 2.05) is 56.3 Å². The van der Waals surface area contributed by atoms with Crippen molar-refractivity contribution in [2.75, 3.05) is 0 Å². The molecule has 0 atom stereocenters. The minimum absolute atomic E-state index is 0.311. The molecule has 0 amide bonds. The SMILES string of the molecule is CC1(C)C=Cc2c(ccc3c(-c4ccccc4)cc(=S)oc23)O1. The third-order valence-corrected chi connectivity index (χ3v) is 4.22. The lowest BCUT2D eigenvalue weighted by molar-refractivity contribution is 0.159. The van der Waals surface area contributed by atoms with Crippen molar-refractivity contribution in [2.24, 2.45) is 0 Å². The number of benzene rings is 2. The average Bonchev–Trinajstić information content (AvgIpc) is 2.53. The first-order valence-corrected chi connectivity index (χ1v) is 7.99. The second kappa shape index (κ2) is 5.07. The summed E-state index contributed by atoms with van der Waals surface area (Å²) in [6, 6.07) is 16.2. The molecule has 1 aliphatic heterocycles. The molecule has 0 radical (unpaired) electrons. The van der Waals surface area contributed by atoms with Gasteiger partial charge in [0.1, 0.15) is 16.9 Å². The Morgan fingerprint density at radius 3 is 2.57 bits per heavy atom. The van der Waals surface area contributed by atoms with E-state index < -0.39 is 0 Å². The van der Waals surface area contributed by atoms with Gasteiger partial charge in [0, 0.05) is 11.5 Å². The molecule has 2 nitrogen and oxygen atoms in total. The van der Waals surface area contributed by atoms with Gasteiger partial charge in [0.15, 0.2) is 4.71 Å². The van der Waals surface area contributed by atoms with E-state index >= 15 is 0 Å². The van der Waals surface area contributed by atoms with E-state index in [2.05, 4.69) is 18.2 Å². The minimum atomic E-state index is -0.311. The Morgan fingerprint density at radius 2 is 1.78 bits per heavy atom. The molecular weight excluding hydrogens is 304 g/mol. The Hall–Kier alpha value is -2.39. The molecular formula is C20H16O2S. The fourth-order valence-electron chi connectivity index (χ4n) is 2.93. The van der Waals surface area contributed by atoms with Crippen molar-refractivity contribution >= 4 is 29.3 Å². The van der Waals surface area contributed by atoms with Gasteiger partial charge in [0.05, 0.1) is 5.56 Å². The van der Waals surface area contributed by atoms with Crippen LogP contribution in [0, 0.1) is 4.71 Å². The first kappa shape index (κ1) is 14.2. The summed E-state index contributed by atoms with van der Waals surface area (Å²) in [7, 11) is 0.